The Labute approximate surface area is 159 Å². The van der Waals surface area contributed by atoms with E-state index in [1.165, 1.54) is 23.4 Å². The number of benzene rings is 2. The van der Waals surface area contributed by atoms with Gasteiger partial charge in [0.05, 0.1) is 11.4 Å². The third-order valence-electron chi connectivity index (χ3n) is 6.71. The molecule has 3 aliphatic rings. The van der Waals surface area contributed by atoms with E-state index in [2.05, 4.69) is 57.1 Å². The zero-order valence-electron chi connectivity index (χ0n) is 15.6. The molecule has 0 N–H and O–H groups in total. The molecule has 3 aliphatic heterocycles. The Hall–Kier alpha value is -2.53. The predicted molar refractivity (Wildman–Crippen MR) is 107 cm³/mol. The number of hydrogen-bond donors (Lipinski definition) is 0. The highest BCUT2D eigenvalue weighted by Gasteiger charge is 2.44. The number of likely N-dealkylation sites (tertiary alicyclic amines) is 1. The van der Waals surface area contributed by atoms with E-state index in [1.54, 1.807) is 12.0 Å². The molecule has 6 rings (SSSR count). The average molecular weight is 360 g/mol. The SMILES string of the molecule is CN1CCN2c3c(cccc31)C1CN(Cc3cccc4ncoc34)CCC12. The minimum Gasteiger partial charge on any atom is -0.443 e. The molecule has 0 aliphatic carbocycles. The van der Waals surface area contributed by atoms with Crippen molar-refractivity contribution < 1.29 is 4.42 Å². The number of aromatic nitrogens is 1. The second-order valence-corrected chi connectivity index (χ2v) is 8.15. The van der Waals surface area contributed by atoms with Crippen LogP contribution in [0.4, 0.5) is 11.4 Å². The van der Waals surface area contributed by atoms with Crippen molar-refractivity contribution in [1.82, 2.24) is 9.88 Å². The molecular formula is C22H24N4O. The Balaban J connectivity index is 1.31. The van der Waals surface area contributed by atoms with Gasteiger partial charge in [-0.3, -0.25) is 4.90 Å². The van der Waals surface area contributed by atoms with E-state index < -0.39 is 0 Å². The van der Waals surface area contributed by atoms with Gasteiger partial charge in [-0.2, -0.15) is 0 Å². The van der Waals surface area contributed by atoms with Crippen molar-refractivity contribution in [3.63, 3.8) is 0 Å². The van der Waals surface area contributed by atoms with E-state index in [9.17, 15) is 0 Å². The molecule has 4 heterocycles. The standard InChI is InChI=1S/C22H24N4O/c1-24-10-11-26-19-8-9-25(12-15-4-2-6-18-22(15)27-14-23-18)13-17(19)16-5-3-7-20(24)21(16)26/h2-7,14,17,19H,8-13H2,1H3. The van der Waals surface area contributed by atoms with Crippen LogP contribution in [-0.4, -0.2) is 49.2 Å². The van der Waals surface area contributed by atoms with Crippen LogP contribution in [0.15, 0.2) is 47.2 Å². The lowest BCUT2D eigenvalue weighted by Crippen LogP contribution is -2.49. The highest BCUT2D eigenvalue weighted by Crippen LogP contribution is 2.50. The van der Waals surface area contributed by atoms with Gasteiger partial charge in [-0.15, -0.1) is 0 Å². The molecule has 27 heavy (non-hydrogen) atoms. The van der Waals surface area contributed by atoms with Gasteiger partial charge in [0.25, 0.3) is 0 Å². The molecule has 2 aromatic carbocycles. The summed E-state index contributed by atoms with van der Waals surface area (Å²) in [6.45, 7) is 5.47. The average Bonchev–Trinajstić information content (AvgIpc) is 3.29. The van der Waals surface area contributed by atoms with Crippen LogP contribution in [-0.2, 0) is 6.54 Å². The first-order valence-electron chi connectivity index (χ1n) is 9.94. The van der Waals surface area contributed by atoms with Crippen LogP contribution in [0.1, 0.15) is 23.5 Å². The fraction of sp³-hybridized carbons (Fsp3) is 0.409. The number of oxazole rings is 1. The lowest BCUT2D eigenvalue weighted by atomic mass is 9.89. The lowest BCUT2D eigenvalue weighted by Gasteiger charge is -2.41. The van der Waals surface area contributed by atoms with Crippen LogP contribution in [0.5, 0.6) is 0 Å². The Morgan fingerprint density at radius 2 is 2.04 bits per heavy atom. The summed E-state index contributed by atoms with van der Waals surface area (Å²) in [6.07, 6.45) is 2.79. The third kappa shape index (κ3) is 2.24. The summed E-state index contributed by atoms with van der Waals surface area (Å²) >= 11 is 0. The minimum atomic E-state index is 0.606. The summed E-state index contributed by atoms with van der Waals surface area (Å²) in [4.78, 5) is 12.0. The van der Waals surface area contributed by atoms with Crippen molar-refractivity contribution in [1.29, 1.82) is 0 Å². The fourth-order valence-corrected chi connectivity index (χ4v) is 5.43. The summed E-state index contributed by atoms with van der Waals surface area (Å²) in [6, 6.07) is 13.8. The molecule has 0 saturated carbocycles. The maximum absolute atomic E-state index is 5.65. The quantitative estimate of drug-likeness (QED) is 0.699. The molecule has 0 radical (unpaired) electrons. The largest absolute Gasteiger partial charge is 0.443 e. The maximum Gasteiger partial charge on any atom is 0.181 e. The smallest absolute Gasteiger partial charge is 0.181 e. The normalized spacial score (nSPS) is 24.3. The second-order valence-electron chi connectivity index (χ2n) is 8.15. The van der Waals surface area contributed by atoms with Crippen LogP contribution in [0.25, 0.3) is 11.1 Å². The van der Waals surface area contributed by atoms with Crippen molar-refractivity contribution >= 4 is 22.5 Å². The molecule has 1 aromatic heterocycles. The first kappa shape index (κ1) is 15.5. The Kier molecular flexibility index (Phi) is 3.29. The lowest BCUT2D eigenvalue weighted by molar-refractivity contribution is 0.186. The number of para-hydroxylation sites is 2. The van der Waals surface area contributed by atoms with Gasteiger partial charge in [0.15, 0.2) is 12.0 Å². The first-order chi connectivity index (χ1) is 13.3. The number of hydrogen-bond acceptors (Lipinski definition) is 5. The number of nitrogens with zero attached hydrogens (tertiary/aromatic N) is 4. The zero-order valence-corrected chi connectivity index (χ0v) is 15.6. The van der Waals surface area contributed by atoms with E-state index in [0.717, 1.165) is 43.8 Å². The highest BCUT2D eigenvalue weighted by atomic mass is 16.3. The molecule has 5 nitrogen and oxygen atoms in total. The van der Waals surface area contributed by atoms with Gasteiger partial charge in [-0.05, 0) is 24.1 Å². The summed E-state index contributed by atoms with van der Waals surface area (Å²) in [5.41, 5.74) is 7.60. The summed E-state index contributed by atoms with van der Waals surface area (Å²) < 4.78 is 5.65. The zero-order chi connectivity index (χ0) is 18.0. The Morgan fingerprint density at radius 1 is 1.11 bits per heavy atom. The van der Waals surface area contributed by atoms with Crippen molar-refractivity contribution in [2.24, 2.45) is 0 Å². The number of fused-ring (bicyclic) bond motifs is 4. The third-order valence-corrected chi connectivity index (χ3v) is 6.71. The van der Waals surface area contributed by atoms with Crippen LogP contribution in [0, 0.1) is 0 Å². The van der Waals surface area contributed by atoms with Gasteiger partial charge in [-0.25, -0.2) is 4.98 Å². The molecule has 0 amide bonds. The van der Waals surface area contributed by atoms with E-state index >= 15 is 0 Å². The van der Waals surface area contributed by atoms with E-state index in [0.29, 0.717) is 12.0 Å². The topological polar surface area (TPSA) is 35.8 Å². The Bertz CT molecular complexity index is 1010. The maximum atomic E-state index is 5.65. The van der Waals surface area contributed by atoms with Gasteiger partial charge in [0.1, 0.15) is 5.52 Å². The summed E-state index contributed by atoms with van der Waals surface area (Å²) in [5, 5.41) is 0. The van der Waals surface area contributed by atoms with Crippen LogP contribution in [0.3, 0.4) is 0 Å². The first-order valence-corrected chi connectivity index (χ1v) is 9.94. The van der Waals surface area contributed by atoms with E-state index in [-0.39, 0.29) is 0 Å². The number of likely N-dealkylation sites (N-methyl/N-ethyl adjacent to an activating group) is 1. The van der Waals surface area contributed by atoms with Crippen molar-refractivity contribution in [2.45, 2.75) is 24.9 Å². The van der Waals surface area contributed by atoms with E-state index in [1.807, 2.05) is 6.07 Å². The molecule has 1 fully saturated rings. The Morgan fingerprint density at radius 3 is 3.00 bits per heavy atom. The number of rotatable bonds is 2. The molecular weight excluding hydrogens is 336 g/mol. The van der Waals surface area contributed by atoms with Crippen molar-refractivity contribution in [2.75, 3.05) is 43.0 Å². The van der Waals surface area contributed by atoms with Gasteiger partial charge in [0, 0.05) is 57.3 Å². The van der Waals surface area contributed by atoms with Crippen LogP contribution < -0.4 is 9.80 Å². The fourth-order valence-electron chi connectivity index (χ4n) is 5.43. The van der Waals surface area contributed by atoms with Crippen LogP contribution in [0.2, 0.25) is 0 Å². The van der Waals surface area contributed by atoms with Crippen molar-refractivity contribution in [3.05, 3.63) is 53.9 Å². The monoisotopic (exact) mass is 360 g/mol. The van der Waals surface area contributed by atoms with Gasteiger partial charge in [0.2, 0.25) is 0 Å². The molecule has 0 bridgehead atoms. The van der Waals surface area contributed by atoms with Gasteiger partial charge >= 0.3 is 0 Å². The molecule has 3 aromatic rings. The van der Waals surface area contributed by atoms with Gasteiger partial charge < -0.3 is 14.2 Å². The van der Waals surface area contributed by atoms with Crippen molar-refractivity contribution in [3.8, 4) is 0 Å². The molecule has 138 valence electrons. The van der Waals surface area contributed by atoms with Gasteiger partial charge in [-0.1, -0.05) is 24.3 Å². The molecule has 1 saturated heterocycles. The minimum absolute atomic E-state index is 0.606. The number of piperidine rings is 1. The summed E-state index contributed by atoms with van der Waals surface area (Å²) in [7, 11) is 2.22. The van der Waals surface area contributed by atoms with E-state index in [4.69, 9.17) is 4.42 Å². The molecule has 5 heteroatoms. The second kappa shape index (κ2) is 5.73. The molecule has 0 spiro atoms. The molecule has 2 atom stereocenters. The number of anilines is 2. The predicted octanol–water partition coefficient (Wildman–Crippen LogP) is 3.46. The molecule has 2 unspecified atom stereocenters. The van der Waals surface area contributed by atoms with Crippen LogP contribution >= 0.6 is 0 Å². The highest BCUT2D eigenvalue weighted by molar-refractivity contribution is 5.81. The summed E-state index contributed by atoms with van der Waals surface area (Å²) in [5.74, 6) is 0.606.